The minimum Gasteiger partial charge on any atom is -0.368 e. The van der Waals surface area contributed by atoms with Gasteiger partial charge in [-0.3, -0.25) is 4.21 Å². The van der Waals surface area contributed by atoms with Crippen LogP contribution in [0.2, 0.25) is 0 Å². The fourth-order valence-corrected chi connectivity index (χ4v) is 2.40. The Morgan fingerprint density at radius 1 is 1.58 bits per heavy atom. The molecule has 1 aromatic heterocycles. The molecule has 2 N–H and O–H groups in total. The normalized spacial score (nSPS) is 21.8. The predicted octanol–water partition coefficient (Wildman–Crippen LogP) is -0.136. The third-order valence-electron chi connectivity index (χ3n) is 1.86. The Labute approximate surface area is 72.7 Å². The van der Waals surface area contributed by atoms with E-state index < -0.39 is 10.8 Å². The summed E-state index contributed by atoms with van der Waals surface area (Å²) in [5.41, 5.74) is 7.36. The smallest absolute Gasteiger partial charge is 0.220 e. The van der Waals surface area contributed by atoms with Crippen molar-refractivity contribution in [2.45, 2.75) is 12.2 Å². The second-order valence-corrected chi connectivity index (χ2v) is 4.31. The summed E-state index contributed by atoms with van der Waals surface area (Å²) in [7, 11) is -0.729. The maximum absolute atomic E-state index is 11.1. The molecule has 64 valence electrons. The highest BCUT2D eigenvalue weighted by Gasteiger charge is 2.15. The fraction of sp³-hybridized carbons (Fsp3) is 0.429. The van der Waals surface area contributed by atoms with Crippen molar-refractivity contribution in [1.82, 2.24) is 9.97 Å². The monoisotopic (exact) mass is 183 g/mol. The third-order valence-corrected chi connectivity index (χ3v) is 3.15. The molecule has 4 nitrogen and oxygen atoms in total. The largest absolute Gasteiger partial charge is 0.368 e. The van der Waals surface area contributed by atoms with Crippen molar-refractivity contribution in [2.75, 3.05) is 11.5 Å². The van der Waals surface area contributed by atoms with E-state index in [1.54, 1.807) is 6.20 Å². The molecule has 0 bridgehead atoms. The van der Waals surface area contributed by atoms with Crippen molar-refractivity contribution >= 4 is 16.7 Å². The molecule has 0 saturated carbocycles. The quantitative estimate of drug-likeness (QED) is 0.608. The maximum Gasteiger partial charge on any atom is 0.220 e. The number of hydrogen-bond donors (Lipinski definition) is 1. The van der Waals surface area contributed by atoms with Gasteiger partial charge < -0.3 is 5.73 Å². The predicted molar refractivity (Wildman–Crippen MR) is 46.9 cm³/mol. The number of nitrogen functional groups attached to an aromatic ring is 1. The van der Waals surface area contributed by atoms with E-state index in [2.05, 4.69) is 9.97 Å². The van der Waals surface area contributed by atoms with Gasteiger partial charge in [-0.1, -0.05) is 0 Å². The van der Waals surface area contributed by atoms with Gasteiger partial charge in [0.15, 0.2) is 0 Å². The molecular weight excluding hydrogens is 174 g/mol. The molecule has 0 saturated heterocycles. The molecule has 0 fully saturated rings. The van der Waals surface area contributed by atoms with E-state index in [-0.39, 0.29) is 0 Å². The molecule has 2 rings (SSSR count). The third kappa shape index (κ3) is 1.32. The second kappa shape index (κ2) is 2.82. The molecule has 5 heteroatoms. The van der Waals surface area contributed by atoms with Crippen LogP contribution in [0.4, 0.5) is 5.95 Å². The Balaban J connectivity index is 2.43. The lowest BCUT2D eigenvalue weighted by atomic mass is 10.2. The zero-order chi connectivity index (χ0) is 8.55. The van der Waals surface area contributed by atoms with Crippen molar-refractivity contribution in [2.24, 2.45) is 0 Å². The molecule has 0 radical (unpaired) electrons. The number of rotatable bonds is 0. The molecule has 0 aromatic carbocycles. The summed E-state index contributed by atoms with van der Waals surface area (Å²) in [5.74, 6) is 1.58. The van der Waals surface area contributed by atoms with E-state index in [1.807, 2.05) is 0 Å². The number of nitrogens with zero attached hydrogens (tertiary/aromatic N) is 2. The SMILES string of the molecule is Nc1ncc2c(n1)CC[S@@](=O)C2. The molecule has 0 spiro atoms. The lowest BCUT2D eigenvalue weighted by Gasteiger charge is -2.13. The van der Waals surface area contributed by atoms with Gasteiger partial charge >= 0.3 is 0 Å². The van der Waals surface area contributed by atoms with Gasteiger partial charge in [-0.15, -0.1) is 0 Å². The summed E-state index contributed by atoms with van der Waals surface area (Å²) in [5, 5.41) is 0. The molecule has 0 amide bonds. The van der Waals surface area contributed by atoms with Gasteiger partial charge in [0.25, 0.3) is 0 Å². The van der Waals surface area contributed by atoms with Crippen LogP contribution in [0.15, 0.2) is 6.20 Å². The molecule has 1 atom stereocenters. The van der Waals surface area contributed by atoms with Gasteiger partial charge in [0.05, 0.1) is 11.4 Å². The summed E-state index contributed by atoms with van der Waals surface area (Å²) in [6.07, 6.45) is 2.43. The number of hydrogen-bond acceptors (Lipinski definition) is 4. The fourth-order valence-electron chi connectivity index (χ4n) is 1.25. The van der Waals surface area contributed by atoms with Crippen molar-refractivity contribution in [1.29, 1.82) is 0 Å². The van der Waals surface area contributed by atoms with Gasteiger partial charge in [0.1, 0.15) is 0 Å². The number of nitrogens with two attached hydrogens (primary N) is 1. The zero-order valence-electron chi connectivity index (χ0n) is 6.49. The highest BCUT2D eigenvalue weighted by atomic mass is 32.2. The topological polar surface area (TPSA) is 68.9 Å². The van der Waals surface area contributed by atoms with Crippen LogP contribution in [-0.2, 0) is 23.0 Å². The van der Waals surface area contributed by atoms with Gasteiger partial charge in [-0.25, -0.2) is 9.97 Å². The minimum atomic E-state index is -0.729. The van der Waals surface area contributed by atoms with Crippen LogP contribution in [0.3, 0.4) is 0 Å². The van der Waals surface area contributed by atoms with Crippen LogP contribution >= 0.6 is 0 Å². The highest BCUT2D eigenvalue weighted by Crippen LogP contribution is 2.15. The summed E-state index contributed by atoms with van der Waals surface area (Å²) >= 11 is 0. The van der Waals surface area contributed by atoms with Crippen molar-refractivity contribution in [3.8, 4) is 0 Å². The zero-order valence-corrected chi connectivity index (χ0v) is 7.30. The van der Waals surface area contributed by atoms with Crippen molar-refractivity contribution < 1.29 is 4.21 Å². The van der Waals surface area contributed by atoms with Crippen LogP contribution < -0.4 is 5.73 Å². The summed E-state index contributed by atoms with van der Waals surface area (Å²) in [4.78, 5) is 7.94. The maximum atomic E-state index is 11.1. The van der Waals surface area contributed by atoms with Crippen LogP contribution in [0.1, 0.15) is 11.3 Å². The summed E-state index contributed by atoms with van der Waals surface area (Å²) < 4.78 is 11.1. The molecule has 0 unspecified atom stereocenters. The van der Waals surface area contributed by atoms with Gasteiger partial charge in [0.2, 0.25) is 5.95 Å². The first-order valence-corrected chi connectivity index (χ1v) is 5.20. The van der Waals surface area contributed by atoms with Crippen LogP contribution in [0.25, 0.3) is 0 Å². The Bertz CT molecular complexity index is 339. The van der Waals surface area contributed by atoms with Crippen LogP contribution in [-0.4, -0.2) is 19.9 Å². The lowest BCUT2D eigenvalue weighted by molar-refractivity contribution is 0.678. The lowest BCUT2D eigenvalue weighted by Crippen LogP contribution is -2.16. The van der Waals surface area contributed by atoms with Crippen LogP contribution in [0.5, 0.6) is 0 Å². The van der Waals surface area contributed by atoms with E-state index in [1.165, 1.54) is 0 Å². The molecule has 1 aromatic rings. The first kappa shape index (κ1) is 7.67. The molecule has 12 heavy (non-hydrogen) atoms. The van der Waals surface area contributed by atoms with Crippen molar-refractivity contribution in [3.63, 3.8) is 0 Å². The van der Waals surface area contributed by atoms with E-state index in [0.717, 1.165) is 17.7 Å². The summed E-state index contributed by atoms with van der Waals surface area (Å²) in [6.45, 7) is 0. The average Bonchev–Trinajstić information content (AvgIpc) is 2.05. The van der Waals surface area contributed by atoms with Gasteiger partial charge in [0, 0.05) is 34.7 Å². The molecule has 2 heterocycles. The molecule has 0 aliphatic carbocycles. The van der Waals surface area contributed by atoms with E-state index in [9.17, 15) is 4.21 Å². The standard InChI is InChI=1S/C7H9N3OS/c8-7-9-3-5-4-12(11)2-1-6(5)10-7/h3H,1-2,4H2,(H2,8,9,10)/t12-/m1/s1. The van der Waals surface area contributed by atoms with E-state index >= 15 is 0 Å². The second-order valence-electron chi connectivity index (χ2n) is 2.74. The Hall–Kier alpha value is -0.970. The number of anilines is 1. The van der Waals surface area contributed by atoms with Gasteiger partial charge in [-0.2, -0.15) is 0 Å². The highest BCUT2D eigenvalue weighted by molar-refractivity contribution is 7.84. The minimum absolute atomic E-state index is 0.307. The Morgan fingerprint density at radius 2 is 2.42 bits per heavy atom. The molecule has 1 aliphatic rings. The number of fused-ring (bicyclic) bond motifs is 1. The molecular formula is C7H9N3OS. The first-order valence-electron chi connectivity index (χ1n) is 3.71. The van der Waals surface area contributed by atoms with Crippen molar-refractivity contribution in [3.05, 3.63) is 17.5 Å². The summed E-state index contributed by atoms with van der Waals surface area (Å²) in [6, 6.07) is 0. The van der Waals surface area contributed by atoms with E-state index in [0.29, 0.717) is 17.5 Å². The first-order chi connectivity index (χ1) is 5.75. The Morgan fingerprint density at radius 3 is 3.25 bits per heavy atom. The molecule has 1 aliphatic heterocycles. The number of aromatic nitrogens is 2. The van der Waals surface area contributed by atoms with E-state index in [4.69, 9.17) is 5.73 Å². The van der Waals surface area contributed by atoms with Gasteiger partial charge in [-0.05, 0) is 0 Å². The number of aryl methyl sites for hydroxylation is 1. The van der Waals surface area contributed by atoms with Crippen LogP contribution in [0, 0.1) is 0 Å². The Kier molecular flexibility index (Phi) is 1.80. The average molecular weight is 183 g/mol.